The quantitative estimate of drug-likeness (QED) is 0.781. The van der Waals surface area contributed by atoms with E-state index in [2.05, 4.69) is 15.1 Å². The van der Waals surface area contributed by atoms with Crippen molar-refractivity contribution in [1.29, 1.82) is 0 Å². The summed E-state index contributed by atoms with van der Waals surface area (Å²) in [4.78, 5) is 8.29. The third kappa shape index (κ3) is 1.73. The van der Waals surface area contributed by atoms with Crippen molar-refractivity contribution < 1.29 is 0 Å². The number of nitrogens with two attached hydrogens (primary N) is 1. The van der Waals surface area contributed by atoms with E-state index in [0.29, 0.717) is 6.54 Å². The van der Waals surface area contributed by atoms with Gasteiger partial charge in [-0.3, -0.25) is 4.98 Å². The molecule has 0 saturated heterocycles. The molecule has 0 fully saturated rings. The molecule has 0 aromatic carbocycles. The van der Waals surface area contributed by atoms with Gasteiger partial charge in [0.25, 0.3) is 0 Å². The Bertz CT molecular complexity index is 474. The monoisotopic (exact) mass is 203 g/mol. The molecule has 2 rings (SSSR count). The predicted molar refractivity (Wildman–Crippen MR) is 56.5 cm³/mol. The molecule has 2 N–H and O–H groups in total. The molecule has 2 aromatic heterocycles. The fraction of sp³-hybridized carbons (Fsp3) is 0.300. The minimum absolute atomic E-state index is 0.446. The van der Waals surface area contributed by atoms with Crippen LogP contribution >= 0.6 is 0 Å². The molecule has 0 aliphatic carbocycles. The summed E-state index contributed by atoms with van der Waals surface area (Å²) in [6, 6.07) is 1.89. The Balaban J connectivity index is 2.58. The lowest BCUT2D eigenvalue weighted by Gasteiger charge is -2.07. The van der Waals surface area contributed by atoms with Crippen molar-refractivity contribution >= 4 is 0 Å². The zero-order valence-electron chi connectivity index (χ0n) is 8.81. The number of pyridine rings is 1. The first kappa shape index (κ1) is 9.79. The van der Waals surface area contributed by atoms with Crippen molar-refractivity contribution in [3.63, 3.8) is 0 Å². The normalized spacial score (nSPS) is 10.6. The first-order valence-corrected chi connectivity index (χ1v) is 4.76. The maximum atomic E-state index is 5.64. The summed E-state index contributed by atoms with van der Waals surface area (Å²) in [5, 5.41) is 4.31. The van der Waals surface area contributed by atoms with Gasteiger partial charge in [-0.25, -0.2) is 9.67 Å². The van der Waals surface area contributed by atoms with E-state index in [-0.39, 0.29) is 0 Å². The third-order valence-corrected chi connectivity index (χ3v) is 2.20. The molecule has 0 aliphatic rings. The summed E-state index contributed by atoms with van der Waals surface area (Å²) in [5.74, 6) is 1.61. The first-order valence-electron chi connectivity index (χ1n) is 4.76. The molecule has 5 heteroatoms. The van der Waals surface area contributed by atoms with Gasteiger partial charge in [0.15, 0.2) is 0 Å². The van der Waals surface area contributed by atoms with Crippen LogP contribution in [0.3, 0.4) is 0 Å². The molecule has 2 heterocycles. The minimum Gasteiger partial charge on any atom is -0.326 e. The molecule has 0 radical (unpaired) electrons. The van der Waals surface area contributed by atoms with Gasteiger partial charge in [0.1, 0.15) is 11.6 Å². The summed E-state index contributed by atoms with van der Waals surface area (Å²) in [5.41, 5.74) is 7.56. The van der Waals surface area contributed by atoms with Gasteiger partial charge in [-0.1, -0.05) is 0 Å². The van der Waals surface area contributed by atoms with Crippen molar-refractivity contribution in [1.82, 2.24) is 19.7 Å². The van der Waals surface area contributed by atoms with Gasteiger partial charge in [-0.05, 0) is 19.9 Å². The molecule has 78 valence electrons. The summed E-state index contributed by atoms with van der Waals surface area (Å²) in [7, 11) is 0. The van der Waals surface area contributed by atoms with Crippen molar-refractivity contribution in [2.75, 3.05) is 0 Å². The van der Waals surface area contributed by atoms with Crippen LogP contribution in [-0.2, 0) is 6.54 Å². The van der Waals surface area contributed by atoms with E-state index in [9.17, 15) is 0 Å². The summed E-state index contributed by atoms with van der Waals surface area (Å²) in [6.45, 7) is 4.23. The summed E-state index contributed by atoms with van der Waals surface area (Å²) in [6.07, 6.45) is 3.48. The molecule has 0 atom stereocenters. The largest absolute Gasteiger partial charge is 0.326 e. The third-order valence-electron chi connectivity index (χ3n) is 2.20. The summed E-state index contributed by atoms with van der Waals surface area (Å²) >= 11 is 0. The Morgan fingerprint density at radius 1 is 1.40 bits per heavy atom. The van der Waals surface area contributed by atoms with Crippen LogP contribution in [0.15, 0.2) is 18.5 Å². The number of aromatic nitrogens is 4. The highest BCUT2D eigenvalue weighted by Gasteiger charge is 2.08. The van der Waals surface area contributed by atoms with E-state index < -0.39 is 0 Å². The highest BCUT2D eigenvalue weighted by atomic mass is 15.3. The molecule has 2 aromatic rings. The van der Waals surface area contributed by atoms with Crippen molar-refractivity contribution in [2.24, 2.45) is 5.73 Å². The van der Waals surface area contributed by atoms with Crippen LogP contribution in [-0.4, -0.2) is 19.7 Å². The number of rotatable bonds is 2. The molecule has 0 bridgehead atoms. The maximum Gasteiger partial charge on any atom is 0.148 e. The minimum atomic E-state index is 0.446. The second-order valence-corrected chi connectivity index (χ2v) is 3.33. The topological polar surface area (TPSA) is 69.6 Å². The molecule has 0 unspecified atom stereocenters. The Labute approximate surface area is 88.0 Å². The molecule has 5 nitrogen and oxygen atoms in total. The van der Waals surface area contributed by atoms with E-state index >= 15 is 0 Å². The lowest BCUT2D eigenvalue weighted by atomic mass is 10.2. The first-order chi connectivity index (χ1) is 7.22. The van der Waals surface area contributed by atoms with E-state index in [1.54, 1.807) is 17.1 Å². The fourth-order valence-corrected chi connectivity index (χ4v) is 1.53. The highest BCUT2D eigenvalue weighted by molar-refractivity contribution is 5.38. The molecule has 0 saturated carbocycles. The predicted octanol–water partition coefficient (Wildman–Crippen LogP) is 0.738. The smallest absolute Gasteiger partial charge is 0.148 e. The van der Waals surface area contributed by atoms with E-state index in [1.165, 1.54) is 0 Å². The van der Waals surface area contributed by atoms with Gasteiger partial charge >= 0.3 is 0 Å². The zero-order chi connectivity index (χ0) is 10.8. The van der Waals surface area contributed by atoms with E-state index in [4.69, 9.17) is 5.73 Å². The molecular weight excluding hydrogens is 190 g/mol. The van der Waals surface area contributed by atoms with Crippen molar-refractivity contribution in [3.05, 3.63) is 35.7 Å². The van der Waals surface area contributed by atoms with Gasteiger partial charge in [0.2, 0.25) is 0 Å². The average Bonchev–Trinajstić information content (AvgIpc) is 2.57. The molecular formula is C10H13N5. The number of nitrogens with zero attached hydrogens (tertiary/aromatic N) is 4. The number of hydrogen-bond donors (Lipinski definition) is 1. The van der Waals surface area contributed by atoms with Crippen LogP contribution in [0.25, 0.3) is 5.69 Å². The zero-order valence-corrected chi connectivity index (χ0v) is 8.81. The lowest BCUT2D eigenvalue weighted by Crippen LogP contribution is -2.07. The average molecular weight is 203 g/mol. The van der Waals surface area contributed by atoms with Gasteiger partial charge in [-0.15, -0.1) is 0 Å². The highest BCUT2D eigenvalue weighted by Crippen LogP contribution is 2.13. The van der Waals surface area contributed by atoms with Gasteiger partial charge in [0.05, 0.1) is 5.69 Å². The SMILES string of the molecule is Cc1nc(C)n(-c2ccncc2CN)n1. The molecule has 0 aliphatic heterocycles. The van der Waals surface area contributed by atoms with E-state index in [0.717, 1.165) is 22.9 Å². The van der Waals surface area contributed by atoms with E-state index in [1.807, 2.05) is 19.9 Å². The molecule has 0 amide bonds. The Morgan fingerprint density at radius 3 is 2.80 bits per heavy atom. The van der Waals surface area contributed by atoms with Gasteiger partial charge in [0, 0.05) is 24.5 Å². The number of aryl methyl sites for hydroxylation is 2. The van der Waals surface area contributed by atoms with Crippen LogP contribution in [0.1, 0.15) is 17.2 Å². The van der Waals surface area contributed by atoms with Crippen molar-refractivity contribution in [2.45, 2.75) is 20.4 Å². The number of hydrogen-bond acceptors (Lipinski definition) is 4. The van der Waals surface area contributed by atoms with Crippen molar-refractivity contribution in [3.8, 4) is 5.69 Å². The second-order valence-electron chi connectivity index (χ2n) is 3.33. The summed E-state index contributed by atoms with van der Waals surface area (Å²) < 4.78 is 1.79. The maximum absolute atomic E-state index is 5.64. The fourth-order valence-electron chi connectivity index (χ4n) is 1.53. The lowest BCUT2D eigenvalue weighted by molar-refractivity contribution is 0.811. The van der Waals surface area contributed by atoms with Gasteiger partial charge < -0.3 is 5.73 Å². The van der Waals surface area contributed by atoms with Crippen LogP contribution < -0.4 is 5.73 Å². The van der Waals surface area contributed by atoms with Gasteiger partial charge in [-0.2, -0.15) is 5.10 Å². The molecule has 0 spiro atoms. The van der Waals surface area contributed by atoms with Crippen LogP contribution in [0.4, 0.5) is 0 Å². The Hall–Kier alpha value is -1.75. The Kier molecular flexibility index (Phi) is 2.47. The van der Waals surface area contributed by atoms with Crippen LogP contribution in [0.5, 0.6) is 0 Å². The Morgan fingerprint density at radius 2 is 2.20 bits per heavy atom. The second kappa shape index (κ2) is 3.78. The van der Waals surface area contributed by atoms with Crippen LogP contribution in [0.2, 0.25) is 0 Å². The van der Waals surface area contributed by atoms with Crippen LogP contribution in [0, 0.1) is 13.8 Å². The standard InChI is InChI=1S/C10H13N5/c1-7-13-8(2)15(14-7)10-3-4-12-6-9(10)5-11/h3-4,6H,5,11H2,1-2H3. The molecule has 15 heavy (non-hydrogen) atoms.